The zero-order valence-electron chi connectivity index (χ0n) is 14.0. The molecule has 1 N–H and O–H groups in total. The standard InChI is InChI=1S/C17H19N3O5/c1-11-5-7-16(25-11)14-4-3-9-19(14)17(21)18-13-10-12(20(22)23)6-8-15(13)24-2/h5-8,10,14H,3-4,9H2,1-2H3,(H,18,21)/t14-/m0/s1. The van der Waals surface area contributed by atoms with Crippen molar-refractivity contribution in [2.75, 3.05) is 19.0 Å². The van der Waals surface area contributed by atoms with Crippen molar-refractivity contribution < 1.29 is 18.9 Å². The van der Waals surface area contributed by atoms with E-state index in [0.29, 0.717) is 12.3 Å². The fourth-order valence-corrected chi connectivity index (χ4v) is 3.03. The second-order valence-corrected chi connectivity index (χ2v) is 5.87. The molecule has 132 valence electrons. The average Bonchev–Trinajstić information content (AvgIpc) is 3.23. The monoisotopic (exact) mass is 345 g/mol. The third-order valence-electron chi connectivity index (χ3n) is 4.24. The van der Waals surface area contributed by atoms with Gasteiger partial charge >= 0.3 is 6.03 Å². The molecule has 2 heterocycles. The minimum absolute atomic E-state index is 0.115. The van der Waals surface area contributed by atoms with E-state index < -0.39 is 4.92 Å². The molecule has 25 heavy (non-hydrogen) atoms. The van der Waals surface area contributed by atoms with Gasteiger partial charge in [0.1, 0.15) is 17.3 Å². The second kappa shape index (κ2) is 6.84. The van der Waals surface area contributed by atoms with Crippen molar-refractivity contribution in [1.29, 1.82) is 0 Å². The number of benzene rings is 1. The van der Waals surface area contributed by atoms with E-state index in [4.69, 9.17) is 9.15 Å². The van der Waals surface area contributed by atoms with Gasteiger partial charge in [0.05, 0.1) is 23.8 Å². The van der Waals surface area contributed by atoms with Crippen LogP contribution in [0.4, 0.5) is 16.2 Å². The first kappa shape index (κ1) is 16.8. The quantitative estimate of drug-likeness (QED) is 0.670. The Balaban J connectivity index is 1.81. The molecule has 2 amide bonds. The number of carbonyl (C=O) groups excluding carboxylic acids is 1. The molecule has 1 aliphatic heterocycles. The number of nitrogens with zero attached hydrogens (tertiary/aromatic N) is 2. The topological polar surface area (TPSA) is 97.8 Å². The van der Waals surface area contributed by atoms with E-state index >= 15 is 0 Å². The summed E-state index contributed by atoms with van der Waals surface area (Å²) >= 11 is 0. The molecule has 1 aromatic carbocycles. The first-order chi connectivity index (χ1) is 12.0. The predicted molar refractivity (Wildman–Crippen MR) is 90.8 cm³/mol. The second-order valence-electron chi connectivity index (χ2n) is 5.87. The maximum Gasteiger partial charge on any atom is 0.322 e. The Hall–Kier alpha value is -3.03. The van der Waals surface area contributed by atoms with Gasteiger partial charge in [-0.2, -0.15) is 0 Å². The van der Waals surface area contributed by atoms with E-state index in [2.05, 4.69) is 5.32 Å². The largest absolute Gasteiger partial charge is 0.495 e. The number of aryl methyl sites for hydroxylation is 1. The van der Waals surface area contributed by atoms with E-state index in [1.807, 2.05) is 19.1 Å². The molecule has 0 saturated carbocycles. The highest BCUT2D eigenvalue weighted by atomic mass is 16.6. The van der Waals surface area contributed by atoms with Gasteiger partial charge in [-0.3, -0.25) is 10.1 Å². The zero-order chi connectivity index (χ0) is 18.0. The number of nitrogens with one attached hydrogen (secondary N) is 1. The number of hydrogen-bond donors (Lipinski definition) is 1. The van der Waals surface area contributed by atoms with Gasteiger partial charge in [0.25, 0.3) is 5.69 Å². The van der Waals surface area contributed by atoms with Crippen LogP contribution in [0, 0.1) is 17.0 Å². The summed E-state index contributed by atoms with van der Waals surface area (Å²) in [5.41, 5.74) is 0.152. The Morgan fingerprint density at radius 2 is 2.20 bits per heavy atom. The fraction of sp³-hybridized carbons (Fsp3) is 0.353. The number of hydrogen-bond acceptors (Lipinski definition) is 5. The molecule has 3 rings (SSSR count). The molecule has 1 aromatic heterocycles. The fourth-order valence-electron chi connectivity index (χ4n) is 3.03. The molecule has 1 atom stereocenters. The summed E-state index contributed by atoms with van der Waals surface area (Å²) in [7, 11) is 1.45. The number of amides is 2. The number of ether oxygens (including phenoxy) is 1. The number of furan rings is 1. The minimum Gasteiger partial charge on any atom is -0.495 e. The van der Waals surface area contributed by atoms with Gasteiger partial charge in [0, 0.05) is 18.7 Å². The number of non-ortho nitro benzene ring substituents is 1. The average molecular weight is 345 g/mol. The van der Waals surface area contributed by atoms with Crippen molar-refractivity contribution in [3.63, 3.8) is 0 Å². The summed E-state index contributed by atoms with van der Waals surface area (Å²) in [5.74, 6) is 1.90. The SMILES string of the molecule is COc1ccc([N+](=O)[O-])cc1NC(=O)N1CCC[C@H]1c1ccc(C)o1. The Morgan fingerprint density at radius 3 is 2.84 bits per heavy atom. The summed E-state index contributed by atoms with van der Waals surface area (Å²) in [6.07, 6.45) is 1.68. The molecule has 1 aliphatic rings. The minimum atomic E-state index is -0.515. The lowest BCUT2D eigenvalue weighted by Gasteiger charge is -2.24. The first-order valence-corrected chi connectivity index (χ1v) is 7.96. The molecule has 0 bridgehead atoms. The molecule has 1 saturated heterocycles. The number of nitro groups is 1. The van der Waals surface area contributed by atoms with Crippen molar-refractivity contribution >= 4 is 17.4 Å². The molecule has 0 aliphatic carbocycles. The van der Waals surface area contributed by atoms with Crippen molar-refractivity contribution in [3.05, 3.63) is 52.0 Å². The lowest BCUT2D eigenvalue weighted by atomic mass is 10.2. The first-order valence-electron chi connectivity index (χ1n) is 7.96. The number of nitro benzene ring substituents is 1. The number of methoxy groups -OCH3 is 1. The van der Waals surface area contributed by atoms with E-state index in [1.54, 1.807) is 4.90 Å². The predicted octanol–water partition coefficient (Wildman–Crippen LogP) is 3.87. The molecule has 0 radical (unpaired) electrons. The molecule has 1 fully saturated rings. The summed E-state index contributed by atoms with van der Waals surface area (Å²) in [6.45, 7) is 2.45. The molecule has 2 aromatic rings. The summed E-state index contributed by atoms with van der Waals surface area (Å²) < 4.78 is 10.8. The third kappa shape index (κ3) is 3.42. The van der Waals surface area contributed by atoms with Gasteiger partial charge in [0.15, 0.2) is 0 Å². The van der Waals surface area contributed by atoms with E-state index in [0.717, 1.165) is 24.4 Å². The van der Waals surface area contributed by atoms with E-state index in [1.165, 1.54) is 25.3 Å². The van der Waals surface area contributed by atoms with Crippen molar-refractivity contribution in [2.45, 2.75) is 25.8 Å². The summed E-state index contributed by atoms with van der Waals surface area (Å²) in [5, 5.41) is 13.7. The van der Waals surface area contributed by atoms with Crippen LogP contribution in [0.2, 0.25) is 0 Å². The maximum absolute atomic E-state index is 12.7. The van der Waals surface area contributed by atoms with Gasteiger partial charge in [-0.05, 0) is 38.0 Å². The molecule has 8 nitrogen and oxygen atoms in total. The van der Waals surface area contributed by atoms with Crippen LogP contribution in [-0.2, 0) is 0 Å². The summed E-state index contributed by atoms with van der Waals surface area (Å²) in [4.78, 5) is 24.8. The summed E-state index contributed by atoms with van der Waals surface area (Å²) in [6, 6.07) is 7.35. The molecule has 0 unspecified atom stereocenters. The molecular weight excluding hydrogens is 326 g/mol. The van der Waals surface area contributed by atoms with Gasteiger partial charge < -0.3 is 19.4 Å². The van der Waals surface area contributed by atoms with Crippen LogP contribution in [0.1, 0.15) is 30.4 Å². The molecule has 0 spiro atoms. The van der Waals surface area contributed by atoms with Crippen LogP contribution >= 0.6 is 0 Å². The maximum atomic E-state index is 12.7. The van der Waals surface area contributed by atoms with Crippen LogP contribution in [-0.4, -0.2) is 29.5 Å². The van der Waals surface area contributed by atoms with Crippen LogP contribution in [0.5, 0.6) is 5.75 Å². The number of urea groups is 1. The lowest BCUT2D eigenvalue weighted by molar-refractivity contribution is -0.384. The van der Waals surface area contributed by atoms with Gasteiger partial charge in [-0.25, -0.2) is 4.79 Å². The van der Waals surface area contributed by atoms with Gasteiger partial charge in [-0.15, -0.1) is 0 Å². The normalized spacial score (nSPS) is 16.7. The van der Waals surface area contributed by atoms with Crippen LogP contribution in [0.25, 0.3) is 0 Å². The zero-order valence-corrected chi connectivity index (χ0v) is 14.0. The third-order valence-corrected chi connectivity index (χ3v) is 4.24. The molecule has 8 heteroatoms. The van der Waals surface area contributed by atoms with Gasteiger partial charge in [-0.1, -0.05) is 0 Å². The van der Waals surface area contributed by atoms with E-state index in [-0.39, 0.29) is 23.4 Å². The van der Waals surface area contributed by atoms with Crippen molar-refractivity contribution in [2.24, 2.45) is 0 Å². The Labute approximate surface area is 144 Å². The number of likely N-dealkylation sites (tertiary alicyclic amines) is 1. The Bertz CT molecular complexity index is 801. The van der Waals surface area contributed by atoms with E-state index in [9.17, 15) is 14.9 Å². The number of carbonyl (C=O) groups is 1. The van der Waals surface area contributed by atoms with Crippen LogP contribution in [0.15, 0.2) is 34.7 Å². The smallest absolute Gasteiger partial charge is 0.322 e. The number of rotatable bonds is 4. The highest BCUT2D eigenvalue weighted by Crippen LogP contribution is 2.35. The highest BCUT2D eigenvalue weighted by Gasteiger charge is 2.32. The Kier molecular flexibility index (Phi) is 4.60. The molecular formula is C17H19N3O5. The number of anilines is 1. The van der Waals surface area contributed by atoms with Crippen LogP contribution < -0.4 is 10.1 Å². The van der Waals surface area contributed by atoms with Crippen molar-refractivity contribution in [3.8, 4) is 5.75 Å². The Morgan fingerprint density at radius 1 is 1.40 bits per heavy atom. The lowest BCUT2D eigenvalue weighted by Crippen LogP contribution is -2.34. The van der Waals surface area contributed by atoms with Crippen LogP contribution in [0.3, 0.4) is 0 Å². The van der Waals surface area contributed by atoms with Crippen molar-refractivity contribution in [1.82, 2.24) is 4.90 Å². The van der Waals surface area contributed by atoms with Gasteiger partial charge in [0.2, 0.25) is 0 Å². The highest BCUT2D eigenvalue weighted by molar-refractivity contribution is 5.92.